The van der Waals surface area contributed by atoms with Crippen LogP contribution in [0.25, 0.3) is 0 Å². The maximum atomic E-state index is 13.5. The number of carbonyl (C=O) groups is 2. The Morgan fingerprint density at radius 2 is 1.82 bits per heavy atom. The molecule has 1 atom stereocenters. The molecule has 0 fully saturated rings. The van der Waals surface area contributed by atoms with Gasteiger partial charge in [0, 0.05) is 23.0 Å². The average Bonchev–Trinajstić information content (AvgIpc) is 3.31. The Morgan fingerprint density at radius 3 is 2.55 bits per heavy atom. The summed E-state index contributed by atoms with van der Waals surface area (Å²) in [5, 5.41) is 2.08. The van der Waals surface area contributed by atoms with E-state index in [-0.39, 0.29) is 30.4 Å². The van der Waals surface area contributed by atoms with Crippen LogP contribution in [0.15, 0.2) is 66.0 Å². The largest absolute Gasteiger partial charge is 0.491 e. The molecule has 0 N–H and O–H groups in total. The Hall–Kier alpha value is -3.12. The maximum absolute atomic E-state index is 13.5. The lowest BCUT2D eigenvalue weighted by atomic mass is 10.00. The Balaban J connectivity index is 1.54. The Morgan fingerprint density at radius 1 is 1.09 bits per heavy atom. The van der Waals surface area contributed by atoms with Gasteiger partial charge in [-0.05, 0) is 68.0 Å². The van der Waals surface area contributed by atoms with E-state index < -0.39 is 0 Å². The van der Waals surface area contributed by atoms with Gasteiger partial charge in [-0.2, -0.15) is 0 Å². The molecule has 1 aliphatic heterocycles. The molecule has 5 nitrogen and oxygen atoms in total. The van der Waals surface area contributed by atoms with Crippen molar-refractivity contribution in [2.75, 3.05) is 19.7 Å². The van der Waals surface area contributed by atoms with Crippen molar-refractivity contribution in [1.29, 1.82) is 0 Å². The summed E-state index contributed by atoms with van der Waals surface area (Å²) < 4.78 is 6.18. The second-order valence-electron chi connectivity index (χ2n) is 8.62. The van der Waals surface area contributed by atoms with Crippen molar-refractivity contribution in [3.05, 3.63) is 87.6 Å². The third-order valence-corrected chi connectivity index (χ3v) is 7.11. The van der Waals surface area contributed by atoms with Crippen molar-refractivity contribution in [2.24, 2.45) is 0 Å². The van der Waals surface area contributed by atoms with Crippen LogP contribution in [0.3, 0.4) is 0 Å². The van der Waals surface area contributed by atoms with Gasteiger partial charge in [0.25, 0.3) is 5.91 Å². The first kappa shape index (κ1) is 23.1. The number of para-hydroxylation sites is 1. The SMILES string of the molecule is Cc1ccccc1OCC1c2ccsc2CCN1C(=O)CN(C(=O)c1ccccc1)C(C)C. The zero-order valence-corrected chi connectivity index (χ0v) is 20.2. The molecule has 1 aromatic heterocycles. The van der Waals surface area contributed by atoms with Crippen LogP contribution in [0, 0.1) is 6.92 Å². The molecule has 0 saturated carbocycles. The number of nitrogens with zero attached hydrogens (tertiary/aromatic N) is 2. The Kier molecular flexibility index (Phi) is 7.14. The summed E-state index contributed by atoms with van der Waals surface area (Å²) in [6, 6.07) is 18.9. The topological polar surface area (TPSA) is 49.9 Å². The minimum atomic E-state index is -0.173. The van der Waals surface area contributed by atoms with E-state index in [1.54, 1.807) is 28.4 Å². The number of thiophene rings is 1. The minimum Gasteiger partial charge on any atom is -0.491 e. The van der Waals surface area contributed by atoms with Crippen LogP contribution in [0.2, 0.25) is 0 Å². The summed E-state index contributed by atoms with van der Waals surface area (Å²) in [5.41, 5.74) is 2.81. The first-order valence-electron chi connectivity index (χ1n) is 11.4. The molecule has 2 amide bonds. The molecule has 172 valence electrons. The van der Waals surface area contributed by atoms with Crippen molar-refractivity contribution in [3.8, 4) is 5.75 Å². The second-order valence-corrected chi connectivity index (χ2v) is 9.62. The van der Waals surface area contributed by atoms with Crippen molar-refractivity contribution in [2.45, 2.75) is 39.3 Å². The van der Waals surface area contributed by atoms with Gasteiger partial charge in [0.15, 0.2) is 0 Å². The first-order valence-corrected chi connectivity index (χ1v) is 12.2. The van der Waals surface area contributed by atoms with Gasteiger partial charge in [-0.25, -0.2) is 0 Å². The van der Waals surface area contributed by atoms with Crippen LogP contribution in [0.4, 0.5) is 0 Å². The fraction of sp³-hybridized carbons (Fsp3) is 0.333. The molecule has 0 radical (unpaired) electrons. The van der Waals surface area contributed by atoms with Gasteiger partial charge < -0.3 is 14.5 Å². The van der Waals surface area contributed by atoms with Crippen LogP contribution < -0.4 is 4.74 Å². The van der Waals surface area contributed by atoms with E-state index in [9.17, 15) is 9.59 Å². The number of hydrogen-bond donors (Lipinski definition) is 0. The summed E-state index contributed by atoms with van der Waals surface area (Å²) >= 11 is 1.73. The molecule has 6 heteroatoms. The number of amides is 2. The zero-order chi connectivity index (χ0) is 23.4. The number of ether oxygens (including phenoxy) is 1. The lowest BCUT2D eigenvalue weighted by Gasteiger charge is -2.37. The number of aryl methyl sites for hydroxylation is 1. The summed E-state index contributed by atoms with van der Waals surface area (Å²) in [6.07, 6.45) is 0.827. The van der Waals surface area contributed by atoms with Crippen molar-refractivity contribution in [1.82, 2.24) is 9.80 Å². The highest BCUT2D eigenvalue weighted by Crippen LogP contribution is 2.34. The van der Waals surface area contributed by atoms with E-state index in [4.69, 9.17) is 4.74 Å². The summed E-state index contributed by atoms with van der Waals surface area (Å²) in [6.45, 7) is 6.96. The van der Waals surface area contributed by atoms with E-state index in [0.717, 1.165) is 23.3 Å². The molecule has 0 saturated heterocycles. The van der Waals surface area contributed by atoms with Gasteiger partial charge in [0.1, 0.15) is 18.9 Å². The molecule has 3 aromatic rings. The summed E-state index contributed by atoms with van der Waals surface area (Å²) in [4.78, 5) is 31.5. The predicted octanol–water partition coefficient (Wildman–Crippen LogP) is 5.11. The smallest absolute Gasteiger partial charge is 0.254 e. The van der Waals surface area contributed by atoms with Gasteiger partial charge in [0.05, 0.1) is 6.04 Å². The molecule has 2 heterocycles. The van der Waals surface area contributed by atoms with Crippen LogP contribution in [0.5, 0.6) is 5.75 Å². The quantitative estimate of drug-likeness (QED) is 0.490. The van der Waals surface area contributed by atoms with Crippen LogP contribution in [0.1, 0.15) is 46.3 Å². The maximum Gasteiger partial charge on any atom is 0.254 e. The van der Waals surface area contributed by atoms with Gasteiger partial charge >= 0.3 is 0 Å². The fourth-order valence-electron chi connectivity index (χ4n) is 4.23. The highest BCUT2D eigenvalue weighted by molar-refractivity contribution is 7.10. The van der Waals surface area contributed by atoms with E-state index in [1.807, 2.05) is 68.1 Å². The van der Waals surface area contributed by atoms with Crippen LogP contribution >= 0.6 is 11.3 Å². The molecule has 33 heavy (non-hydrogen) atoms. The number of benzene rings is 2. The van der Waals surface area contributed by atoms with E-state index in [2.05, 4.69) is 11.4 Å². The third kappa shape index (κ3) is 5.11. The summed E-state index contributed by atoms with van der Waals surface area (Å²) in [5.74, 6) is 0.651. The van der Waals surface area contributed by atoms with Crippen LogP contribution in [-0.4, -0.2) is 47.4 Å². The van der Waals surface area contributed by atoms with Crippen LogP contribution in [-0.2, 0) is 11.2 Å². The summed E-state index contributed by atoms with van der Waals surface area (Å²) in [7, 11) is 0. The molecule has 0 bridgehead atoms. The Bertz CT molecular complexity index is 1110. The van der Waals surface area contributed by atoms with Gasteiger partial charge in [-0.15, -0.1) is 11.3 Å². The monoisotopic (exact) mass is 462 g/mol. The van der Waals surface area contributed by atoms with E-state index in [1.165, 1.54) is 4.88 Å². The van der Waals surface area contributed by atoms with Gasteiger partial charge in [-0.3, -0.25) is 9.59 Å². The molecule has 2 aromatic carbocycles. The first-order chi connectivity index (χ1) is 16.0. The molecular formula is C27H30N2O3S. The molecule has 1 unspecified atom stereocenters. The van der Waals surface area contributed by atoms with E-state index in [0.29, 0.717) is 18.7 Å². The fourth-order valence-corrected chi connectivity index (χ4v) is 5.16. The number of fused-ring (bicyclic) bond motifs is 1. The number of rotatable bonds is 7. The normalized spacial score (nSPS) is 15.3. The standard InChI is InChI=1S/C27H30N2O3S/c1-19(2)29(27(31)21-10-5-4-6-11-21)17-26(30)28-15-13-25-22(14-16-33-25)23(28)18-32-24-12-8-7-9-20(24)3/h4-12,14,16,19,23H,13,15,17-18H2,1-3H3. The van der Waals surface area contributed by atoms with Crippen molar-refractivity contribution in [3.63, 3.8) is 0 Å². The Labute approximate surface area is 199 Å². The lowest BCUT2D eigenvalue weighted by Crippen LogP contribution is -2.49. The highest BCUT2D eigenvalue weighted by Gasteiger charge is 2.34. The predicted molar refractivity (Wildman–Crippen MR) is 132 cm³/mol. The van der Waals surface area contributed by atoms with Crippen molar-refractivity contribution >= 4 is 23.2 Å². The lowest BCUT2D eigenvalue weighted by molar-refractivity contribution is -0.136. The van der Waals surface area contributed by atoms with Gasteiger partial charge in [0.2, 0.25) is 5.91 Å². The number of carbonyl (C=O) groups excluding carboxylic acids is 2. The van der Waals surface area contributed by atoms with Crippen molar-refractivity contribution < 1.29 is 14.3 Å². The molecular weight excluding hydrogens is 432 g/mol. The molecule has 1 aliphatic rings. The van der Waals surface area contributed by atoms with E-state index >= 15 is 0 Å². The molecule has 0 aliphatic carbocycles. The highest BCUT2D eigenvalue weighted by atomic mass is 32.1. The zero-order valence-electron chi connectivity index (χ0n) is 19.4. The molecule has 4 rings (SSSR count). The second kappa shape index (κ2) is 10.2. The van der Waals surface area contributed by atoms with Gasteiger partial charge in [-0.1, -0.05) is 36.4 Å². The third-order valence-electron chi connectivity index (χ3n) is 6.12. The number of hydrogen-bond acceptors (Lipinski definition) is 4. The minimum absolute atomic E-state index is 0.0474. The average molecular weight is 463 g/mol. The molecule has 0 spiro atoms.